The maximum atomic E-state index is 13.8. The zero-order valence-electron chi connectivity index (χ0n) is 19.7. The number of aliphatic hydroxyl groups is 1. The Morgan fingerprint density at radius 3 is 2.53 bits per heavy atom. The monoisotopic (exact) mass is 470 g/mol. The maximum absolute atomic E-state index is 13.8. The highest BCUT2D eigenvalue weighted by Gasteiger charge is 2.89. The van der Waals surface area contributed by atoms with E-state index in [1.54, 1.807) is 12.5 Å². The Labute approximate surface area is 197 Å². The van der Waals surface area contributed by atoms with Crippen LogP contribution in [-0.2, 0) is 28.6 Å². The number of furan rings is 1. The fourth-order valence-corrected chi connectivity index (χ4v) is 9.59. The molecule has 0 aromatic carbocycles. The van der Waals surface area contributed by atoms with Gasteiger partial charge in [0, 0.05) is 28.2 Å². The Kier molecular flexibility index (Phi) is 3.70. The smallest absolute Gasteiger partial charge is 0.306 e. The molecule has 0 amide bonds. The number of ketones is 1. The third-order valence-corrected chi connectivity index (χ3v) is 10.9. The molecule has 8 nitrogen and oxygen atoms in total. The molecule has 2 bridgehead atoms. The summed E-state index contributed by atoms with van der Waals surface area (Å²) in [6.45, 7) is 5.98. The second kappa shape index (κ2) is 5.95. The third-order valence-electron chi connectivity index (χ3n) is 10.9. The van der Waals surface area contributed by atoms with Crippen molar-refractivity contribution in [2.75, 3.05) is 6.61 Å². The fourth-order valence-electron chi connectivity index (χ4n) is 9.59. The van der Waals surface area contributed by atoms with Crippen molar-refractivity contribution in [3.8, 4) is 0 Å². The molecule has 1 aromatic heterocycles. The highest BCUT2D eigenvalue weighted by atomic mass is 16.7. The molecule has 2 saturated carbocycles. The van der Waals surface area contributed by atoms with E-state index in [1.807, 2.05) is 19.9 Å². The molecule has 2 aliphatic carbocycles. The van der Waals surface area contributed by atoms with Crippen LogP contribution in [0.4, 0.5) is 0 Å². The van der Waals surface area contributed by atoms with Crippen LogP contribution < -0.4 is 0 Å². The summed E-state index contributed by atoms with van der Waals surface area (Å²) in [5, 5.41) is 12.2. The van der Waals surface area contributed by atoms with E-state index in [4.69, 9.17) is 18.6 Å². The average molecular weight is 471 g/mol. The Morgan fingerprint density at radius 2 is 1.79 bits per heavy atom. The van der Waals surface area contributed by atoms with Gasteiger partial charge in [-0.2, -0.15) is 0 Å². The number of hydrogen-bond donors (Lipinski definition) is 1. The number of ether oxygens (including phenoxy) is 3. The number of carbonyl (C=O) groups is 3. The number of cyclic esters (lactones) is 2. The van der Waals surface area contributed by atoms with Crippen LogP contribution in [0.5, 0.6) is 0 Å². The van der Waals surface area contributed by atoms with Gasteiger partial charge in [-0.1, -0.05) is 20.8 Å². The van der Waals surface area contributed by atoms with E-state index in [2.05, 4.69) is 6.92 Å². The number of carbonyl (C=O) groups excluding carboxylic acids is 3. The Balaban J connectivity index is 1.41. The van der Waals surface area contributed by atoms with Crippen LogP contribution >= 0.6 is 0 Å². The third kappa shape index (κ3) is 2.02. The van der Waals surface area contributed by atoms with Gasteiger partial charge in [0.15, 0.2) is 5.79 Å². The summed E-state index contributed by atoms with van der Waals surface area (Å²) in [4.78, 5) is 39.1. The van der Waals surface area contributed by atoms with Gasteiger partial charge < -0.3 is 23.7 Å². The van der Waals surface area contributed by atoms with Crippen LogP contribution in [0.1, 0.15) is 64.5 Å². The first-order valence-electron chi connectivity index (χ1n) is 12.3. The minimum atomic E-state index is -1.70. The number of Topliss-reactive ketones (excluding diaryl/α,β-unsaturated/α-hetero) is 1. The lowest BCUT2D eigenvalue weighted by Crippen LogP contribution is -2.74. The zero-order chi connectivity index (χ0) is 23.9. The van der Waals surface area contributed by atoms with Gasteiger partial charge in [0.2, 0.25) is 0 Å². The van der Waals surface area contributed by atoms with Crippen LogP contribution in [0, 0.1) is 39.9 Å². The molecule has 0 radical (unpaired) electrons. The van der Waals surface area contributed by atoms with E-state index in [9.17, 15) is 19.5 Å². The summed E-state index contributed by atoms with van der Waals surface area (Å²) < 4.78 is 23.6. The highest BCUT2D eigenvalue weighted by molar-refractivity contribution is 5.91. The van der Waals surface area contributed by atoms with Crippen LogP contribution in [0.2, 0.25) is 0 Å². The predicted molar refractivity (Wildman–Crippen MR) is 114 cm³/mol. The van der Waals surface area contributed by atoms with Crippen LogP contribution in [0.25, 0.3) is 0 Å². The first kappa shape index (κ1) is 21.1. The molecule has 1 N–H and O–H groups in total. The molecular formula is C26H30O8. The molecule has 7 rings (SSSR count). The van der Waals surface area contributed by atoms with Crippen LogP contribution in [-0.4, -0.2) is 40.8 Å². The average Bonchev–Trinajstić information content (AvgIpc) is 3.46. The number of rotatable bonds is 1. The molecule has 6 aliphatic rings. The Morgan fingerprint density at radius 1 is 1.03 bits per heavy atom. The quantitative estimate of drug-likeness (QED) is 0.624. The van der Waals surface area contributed by atoms with Crippen molar-refractivity contribution in [1.29, 1.82) is 0 Å². The zero-order valence-corrected chi connectivity index (χ0v) is 19.7. The molecule has 6 fully saturated rings. The summed E-state index contributed by atoms with van der Waals surface area (Å²) in [6.07, 6.45) is 4.82. The van der Waals surface area contributed by atoms with E-state index in [0.717, 1.165) is 18.4 Å². The lowest BCUT2D eigenvalue weighted by Gasteiger charge is -2.66. The molecule has 5 heterocycles. The van der Waals surface area contributed by atoms with E-state index in [0.29, 0.717) is 6.42 Å². The van der Waals surface area contributed by atoms with Crippen molar-refractivity contribution in [2.45, 2.75) is 70.4 Å². The Bertz CT molecular complexity index is 1120. The summed E-state index contributed by atoms with van der Waals surface area (Å²) in [5.41, 5.74) is -2.14. The van der Waals surface area contributed by atoms with E-state index in [1.165, 1.54) is 0 Å². The minimum absolute atomic E-state index is 0.0473. The normalized spacial score (nSPS) is 52.4. The molecule has 1 aromatic rings. The second-order valence-corrected chi connectivity index (χ2v) is 12.3. The maximum Gasteiger partial charge on any atom is 0.306 e. The van der Waals surface area contributed by atoms with Gasteiger partial charge in [-0.25, -0.2) is 0 Å². The highest BCUT2D eigenvalue weighted by Crippen LogP contribution is 2.80. The van der Waals surface area contributed by atoms with Crippen LogP contribution in [0.3, 0.4) is 0 Å². The molecule has 9 unspecified atom stereocenters. The molecule has 2 spiro atoms. The lowest BCUT2D eigenvalue weighted by molar-refractivity contribution is -0.301. The van der Waals surface area contributed by atoms with Gasteiger partial charge in [0.05, 0.1) is 42.3 Å². The fraction of sp³-hybridized carbons (Fsp3) is 0.731. The van der Waals surface area contributed by atoms with Gasteiger partial charge >= 0.3 is 11.9 Å². The SMILES string of the molecule is CC1(C)C(=O)C2CC34OC2(O)C2(COC(=O)CC12)C3CCC1(C)C(c2ccoc2)OC(=O)CC14. The van der Waals surface area contributed by atoms with E-state index in [-0.39, 0.29) is 54.9 Å². The molecule has 9 atom stereocenters. The molecule has 4 aliphatic heterocycles. The predicted octanol–water partition coefficient (Wildman–Crippen LogP) is 2.94. The number of hydrogen-bond acceptors (Lipinski definition) is 8. The molecule has 182 valence electrons. The van der Waals surface area contributed by atoms with Crippen molar-refractivity contribution in [2.24, 2.45) is 39.9 Å². The standard InChI is InChI=1S/C26H30O8/c1-22(2)16-8-18(27)32-12-24(16)15-4-6-23(3)17(9-19(28)33-21(23)13-5-7-31-11-13)25(15)10-14(20(22)29)26(24,30)34-25/h5,7,11,14-17,21,30H,4,6,8-10,12H2,1-3H3. The Hall–Kier alpha value is -2.19. The van der Waals surface area contributed by atoms with Crippen molar-refractivity contribution < 1.29 is 38.1 Å². The topological polar surface area (TPSA) is 112 Å². The minimum Gasteiger partial charge on any atom is -0.472 e. The summed E-state index contributed by atoms with van der Waals surface area (Å²) >= 11 is 0. The molecule has 8 heteroatoms. The molecular weight excluding hydrogens is 440 g/mol. The lowest BCUT2D eigenvalue weighted by atomic mass is 9.36. The van der Waals surface area contributed by atoms with E-state index >= 15 is 0 Å². The first-order chi connectivity index (χ1) is 16.0. The van der Waals surface area contributed by atoms with E-state index < -0.39 is 39.7 Å². The van der Waals surface area contributed by atoms with Crippen LogP contribution in [0.15, 0.2) is 23.0 Å². The van der Waals surface area contributed by atoms with Crippen molar-refractivity contribution in [3.05, 3.63) is 24.2 Å². The van der Waals surface area contributed by atoms with Gasteiger partial charge in [-0.15, -0.1) is 0 Å². The molecule has 4 saturated heterocycles. The van der Waals surface area contributed by atoms with Gasteiger partial charge in [-0.3, -0.25) is 14.4 Å². The number of esters is 2. The van der Waals surface area contributed by atoms with Crippen molar-refractivity contribution >= 4 is 17.7 Å². The van der Waals surface area contributed by atoms with Gasteiger partial charge in [0.1, 0.15) is 18.5 Å². The van der Waals surface area contributed by atoms with Crippen molar-refractivity contribution in [3.63, 3.8) is 0 Å². The summed E-state index contributed by atoms with van der Waals surface area (Å²) in [5.74, 6) is -3.87. The second-order valence-electron chi connectivity index (χ2n) is 12.3. The summed E-state index contributed by atoms with van der Waals surface area (Å²) in [7, 11) is 0. The largest absolute Gasteiger partial charge is 0.472 e. The number of fused-ring (bicyclic) bond motifs is 1. The van der Waals surface area contributed by atoms with Gasteiger partial charge in [0.25, 0.3) is 0 Å². The van der Waals surface area contributed by atoms with Crippen molar-refractivity contribution in [1.82, 2.24) is 0 Å². The summed E-state index contributed by atoms with van der Waals surface area (Å²) in [6, 6.07) is 1.83. The molecule has 34 heavy (non-hydrogen) atoms. The van der Waals surface area contributed by atoms with Gasteiger partial charge in [-0.05, 0) is 31.2 Å². The first-order valence-corrected chi connectivity index (χ1v) is 12.3.